The van der Waals surface area contributed by atoms with E-state index < -0.39 is 55.1 Å². The van der Waals surface area contributed by atoms with E-state index in [4.69, 9.17) is 0 Å². The van der Waals surface area contributed by atoms with Crippen LogP contribution < -0.4 is 5.32 Å². The second kappa shape index (κ2) is 8.92. The summed E-state index contributed by atoms with van der Waals surface area (Å²) < 4.78 is 63.1. The molecule has 170 valence electrons. The minimum absolute atomic E-state index is 0.182. The number of carbonyl (C=O) groups excluding carboxylic acids is 3. The van der Waals surface area contributed by atoms with E-state index in [0.29, 0.717) is 23.7 Å². The molecular formula is C21H23F5N2O3. The van der Waals surface area contributed by atoms with Gasteiger partial charge in [0.1, 0.15) is 5.92 Å². The fourth-order valence-electron chi connectivity index (χ4n) is 4.10. The zero-order valence-electron chi connectivity index (χ0n) is 16.6. The summed E-state index contributed by atoms with van der Waals surface area (Å²) >= 11 is 0. The van der Waals surface area contributed by atoms with Crippen molar-refractivity contribution in [1.82, 2.24) is 10.2 Å². The number of halogens is 5. The molecule has 1 saturated carbocycles. The first-order valence-corrected chi connectivity index (χ1v) is 10.1. The van der Waals surface area contributed by atoms with Crippen LogP contribution in [0.4, 0.5) is 22.0 Å². The van der Waals surface area contributed by atoms with Gasteiger partial charge in [0.25, 0.3) is 5.91 Å². The van der Waals surface area contributed by atoms with Crippen molar-refractivity contribution in [2.75, 3.05) is 13.1 Å². The first kappa shape index (κ1) is 23.1. The summed E-state index contributed by atoms with van der Waals surface area (Å²) in [6.07, 6.45) is -4.36. The van der Waals surface area contributed by atoms with Gasteiger partial charge in [0.2, 0.25) is 11.7 Å². The number of rotatable bonds is 6. The van der Waals surface area contributed by atoms with Crippen LogP contribution in [0.25, 0.3) is 0 Å². The van der Waals surface area contributed by atoms with Crippen molar-refractivity contribution in [3.8, 4) is 0 Å². The number of nitrogens with one attached hydrogen (secondary N) is 1. The average molecular weight is 446 g/mol. The number of amides is 2. The number of alkyl halides is 5. The Morgan fingerprint density at radius 3 is 2.19 bits per heavy atom. The number of Topliss-reactive ketones (excluding diaryl/α,β-unsaturated/α-hetero) is 1. The highest BCUT2D eigenvalue weighted by molar-refractivity contribution is 6.42. The largest absolute Gasteiger partial charge is 0.453 e. The molecule has 0 aromatic heterocycles. The Morgan fingerprint density at radius 1 is 1.00 bits per heavy atom. The molecule has 1 aromatic carbocycles. The van der Waals surface area contributed by atoms with Crippen molar-refractivity contribution in [2.24, 2.45) is 5.92 Å². The van der Waals surface area contributed by atoms with Gasteiger partial charge >= 0.3 is 12.1 Å². The molecule has 0 spiro atoms. The molecule has 1 heterocycles. The number of ketones is 1. The van der Waals surface area contributed by atoms with Gasteiger partial charge < -0.3 is 10.2 Å². The van der Waals surface area contributed by atoms with E-state index in [2.05, 4.69) is 5.32 Å². The summed E-state index contributed by atoms with van der Waals surface area (Å²) in [4.78, 5) is 37.1. The molecule has 2 fully saturated rings. The molecule has 0 bridgehead atoms. The maximum Gasteiger partial charge on any atom is 0.453 e. The van der Waals surface area contributed by atoms with E-state index in [-0.39, 0.29) is 6.04 Å². The summed E-state index contributed by atoms with van der Waals surface area (Å²) in [5.41, 5.74) is 1.22. The molecule has 1 atom stereocenters. The summed E-state index contributed by atoms with van der Waals surface area (Å²) in [5, 5.41) is 2.73. The highest BCUT2D eigenvalue weighted by atomic mass is 19.4. The van der Waals surface area contributed by atoms with Crippen LogP contribution >= 0.6 is 0 Å². The fourth-order valence-corrected chi connectivity index (χ4v) is 4.10. The van der Waals surface area contributed by atoms with E-state index in [0.717, 1.165) is 12.8 Å². The van der Waals surface area contributed by atoms with E-state index in [1.165, 1.54) is 5.56 Å². The van der Waals surface area contributed by atoms with Crippen molar-refractivity contribution in [2.45, 2.75) is 56.2 Å². The normalized spacial score (nSPS) is 25.1. The Hall–Kier alpha value is -2.52. The SMILES string of the molecule is O=C(NC1CCC(c2ccccc2)CC1)C1CN(CCC(F)(F)C(F)(F)F)C(=O)C1=O. The predicted molar refractivity (Wildman–Crippen MR) is 100 cm³/mol. The fraction of sp³-hybridized carbons (Fsp3) is 0.571. The Kier molecular flexibility index (Phi) is 6.66. The number of hydrogen-bond acceptors (Lipinski definition) is 3. The first-order chi connectivity index (χ1) is 14.5. The molecule has 2 aliphatic rings. The molecule has 1 aromatic rings. The lowest BCUT2D eigenvalue weighted by molar-refractivity contribution is -0.284. The Bertz CT molecular complexity index is 820. The Morgan fingerprint density at radius 2 is 1.61 bits per heavy atom. The Labute approximate surface area is 176 Å². The van der Waals surface area contributed by atoms with Gasteiger partial charge in [-0.3, -0.25) is 14.4 Å². The Balaban J connectivity index is 1.51. The van der Waals surface area contributed by atoms with E-state index in [1.54, 1.807) is 0 Å². The number of hydrogen-bond donors (Lipinski definition) is 1. The number of likely N-dealkylation sites (tertiary alicyclic amines) is 1. The zero-order chi connectivity index (χ0) is 22.8. The van der Waals surface area contributed by atoms with Crippen molar-refractivity contribution >= 4 is 17.6 Å². The van der Waals surface area contributed by atoms with E-state index in [9.17, 15) is 36.3 Å². The maximum absolute atomic E-state index is 13.1. The monoisotopic (exact) mass is 446 g/mol. The number of benzene rings is 1. The lowest BCUT2D eigenvalue weighted by atomic mass is 9.81. The molecule has 5 nitrogen and oxygen atoms in total. The quantitative estimate of drug-likeness (QED) is 0.414. The maximum atomic E-state index is 13.1. The molecule has 10 heteroatoms. The van der Waals surface area contributed by atoms with Crippen LogP contribution in [0.3, 0.4) is 0 Å². The van der Waals surface area contributed by atoms with Crippen molar-refractivity contribution in [3.63, 3.8) is 0 Å². The predicted octanol–water partition coefficient (Wildman–Crippen LogP) is 3.44. The molecule has 1 aliphatic heterocycles. The van der Waals surface area contributed by atoms with E-state index >= 15 is 0 Å². The van der Waals surface area contributed by atoms with Crippen LogP contribution in [0.15, 0.2) is 30.3 Å². The average Bonchev–Trinajstić information content (AvgIpc) is 3.01. The second-order valence-electron chi connectivity index (χ2n) is 8.09. The minimum Gasteiger partial charge on any atom is -0.353 e. The van der Waals surface area contributed by atoms with Gasteiger partial charge in [-0.1, -0.05) is 30.3 Å². The van der Waals surface area contributed by atoms with Crippen molar-refractivity contribution in [1.29, 1.82) is 0 Å². The smallest absolute Gasteiger partial charge is 0.353 e. The number of carbonyl (C=O) groups is 3. The van der Waals surface area contributed by atoms with Gasteiger partial charge in [0, 0.05) is 25.6 Å². The van der Waals surface area contributed by atoms with Crippen molar-refractivity contribution in [3.05, 3.63) is 35.9 Å². The van der Waals surface area contributed by atoms with Crippen LogP contribution in [0.5, 0.6) is 0 Å². The van der Waals surface area contributed by atoms with Crippen molar-refractivity contribution < 1.29 is 36.3 Å². The minimum atomic E-state index is -5.74. The van der Waals surface area contributed by atoms with Crippen LogP contribution in [0.2, 0.25) is 0 Å². The summed E-state index contributed by atoms with van der Waals surface area (Å²) in [6.45, 7) is -1.44. The van der Waals surface area contributed by atoms with Crippen LogP contribution in [-0.2, 0) is 14.4 Å². The van der Waals surface area contributed by atoms with Gasteiger partial charge in [0.15, 0.2) is 0 Å². The lowest BCUT2D eigenvalue weighted by Gasteiger charge is -2.30. The highest BCUT2D eigenvalue weighted by Crippen LogP contribution is 2.38. The van der Waals surface area contributed by atoms with Crippen LogP contribution in [0.1, 0.15) is 43.6 Å². The first-order valence-electron chi connectivity index (χ1n) is 10.1. The lowest BCUT2D eigenvalue weighted by Crippen LogP contribution is -2.43. The number of nitrogens with zero attached hydrogens (tertiary/aromatic N) is 1. The van der Waals surface area contributed by atoms with E-state index in [1.807, 2.05) is 30.3 Å². The third-order valence-corrected chi connectivity index (χ3v) is 5.99. The van der Waals surface area contributed by atoms with Gasteiger partial charge in [-0.15, -0.1) is 0 Å². The van der Waals surface area contributed by atoms with Crippen LogP contribution in [-0.4, -0.2) is 53.7 Å². The molecule has 0 radical (unpaired) electrons. The molecule has 1 N–H and O–H groups in total. The molecular weight excluding hydrogens is 423 g/mol. The standard InChI is InChI=1S/C21H23F5N2O3/c22-20(23,21(24,25)26)10-11-28-12-16(17(29)19(28)31)18(30)27-15-8-6-14(7-9-15)13-4-2-1-3-5-13/h1-5,14-16H,6-12H2,(H,27,30). The third kappa shape index (κ3) is 5.22. The third-order valence-electron chi connectivity index (χ3n) is 5.99. The summed E-state index contributed by atoms with van der Waals surface area (Å²) in [5.74, 6) is -8.97. The molecule has 1 saturated heterocycles. The van der Waals surface area contributed by atoms with Gasteiger partial charge in [-0.25, -0.2) is 0 Å². The van der Waals surface area contributed by atoms with Gasteiger partial charge in [-0.05, 0) is 37.2 Å². The summed E-state index contributed by atoms with van der Waals surface area (Å²) in [6, 6.07) is 9.76. The second-order valence-corrected chi connectivity index (χ2v) is 8.09. The zero-order valence-corrected chi connectivity index (χ0v) is 16.6. The molecule has 3 rings (SSSR count). The molecule has 31 heavy (non-hydrogen) atoms. The molecule has 2 amide bonds. The molecule has 1 aliphatic carbocycles. The van der Waals surface area contributed by atoms with Crippen LogP contribution in [0, 0.1) is 5.92 Å². The molecule has 1 unspecified atom stereocenters. The summed E-state index contributed by atoms with van der Waals surface area (Å²) in [7, 11) is 0. The van der Waals surface area contributed by atoms with Gasteiger partial charge in [-0.2, -0.15) is 22.0 Å². The van der Waals surface area contributed by atoms with Gasteiger partial charge in [0.05, 0.1) is 0 Å². The highest BCUT2D eigenvalue weighted by Gasteiger charge is 2.57. The topological polar surface area (TPSA) is 66.5 Å².